The fourth-order valence-corrected chi connectivity index (χ4v) is 3.94. The second kappa shape index (κ2) is 11.7. The molecule has 0 bridgehead atoms. The Kier molecular flexibility index (Phi) is 8.75. The molecule has 1 aliphatic carbocycles. The Bertz CT molecular complexity index is 1020. The smallest absolute Gasteiger partial charge is 0.188 e. The van der Waals surface area contributed by atoms with E-state index in [4.69, 9.17) is 9.47 Å². The van der Waals surface area contributed by atoms with Gasteiger partial charge in [-0.3, -0.25) is 9.59 Å². The highest BCUT2D eigenvalue weighted by atomic mass is 16.7. The van der Waals surface area contributed by atoms with Crippen LogP contribution in [0.25, 0.3) is 12.2 Å². The summed E-state index contributed by atoms with van der Waals surface area (Å²) in [5, 5.41) is 9.33. The molecular formula is C28H32O5. The predicted octanol–water partition coefficient (Wildman–Crippen LogP) is 5.22. The molecule has 2 aromatic carbocycles. The van der Waals surface area contributed by atoms with Gasteiger partial charge in [-0.05, 0) is 66.3 Å². The third kappa shape index (κ3) is 6.73. The summed E-state index contributed by atoms with van der Waals surface area (Å²) in [6, 6.07) is 14.7. The van der Waals surface area contributed by atoms with Gasteiger partial charge in [-0.15, -0.1) is 0 Å². The lowest BCUT2D eigenvalue weighted by molar-refractivity contribution is -0.135. The molecule has 174 valence electrons. The maximum Gasteiger partial charge on any atom is 0.188 e. The molecule has 0 spiro atoms. The minimum atomic E-state index is -1.11. The van der Waals surface area contributed by atoms with Gasteiger partial charge in [0.2, 0.25) is 0 Å². The van der Waals surface area contributed by atoms with Crippen molar-refractivity contribution in [2.75, 3.05) is 13.9 Å². The van der Waals surface area contributed by atoms with Gasteiger partial charge in [0.15, 0.2) is 18.4 Å². The monoisotopic (exact) mass is 448 g/mol. The first kappa shape index (κ1) is 24.6. The van der Waals surface area contributed by atoms with Crippen molar-refractivity contribution in [1.82, 2.24) is 0 Å². The molecule has 2 aromatic rings. The van der Waals surface area contributed by atoms with Crippen molar-refractivity contribution in [3.05, 3.63) is 77.4 Å². The van der Waals surface area contributed by atoms with E-state index in [1.54, 1.807) is 26.2 Å². The molecule has 33 heavy (non-hydrogen) atoms. The Morgan fingerprint density at radius 1 is 1.03 bits per heavy atom. The van der Waals surface area contributed by atoms with E-state index in [9.17, 15) is 14.7 Å². The van der Waals surface area contributed by atoms with Crippen LogP contribution in [0.15, 0.2) is 60.7 Å². The van der Waals surface area contributed by atoms with E-state index in [1.165, 1.54) is 12.2 Å². The number of carbonyl (C=O) groups is 2. The third-order valence-corrected chi connectivity index (χ3v) is 6.20. The number of aliphatic hydroxyl groups excluding tert-OH is 1. The minimum Gasteiger partial charge on any atom is -0.468 e. The Morgan fingerprint density at radius 2 is 1.67 bits per heavy atom. The van der Waals surface area contributed by atoms with Crippen LogP contribution in [-0.4, -0.2) is 30.6 Å². The average Bonchev–Trinajstić information content (AvgIpc) is 2.82. The van der Waals surface area contributed by atoms with E-state index in [0.717, 1.165) is 36.0 Å². The van der Waals surface area contributed by atoms with Crippen LogP contribution in [0.3, 0.4) is 0 Å². The van der Waals surface area contributed by atoms with Gasteiger partial charge in [-0.25, -0.2) is 0 Å². The van der Waals surface area contributed by atoms with E-state index in [2.05, 4.69) is 0 Å². The zero-order valence-corrected chi connectivity index (χ0v) is 19.3. The molecule has 0 amide bonds. The van der Waals surface area contributed by atoms with Gasteiger partial charge in [0.25, 0.3) is 0 Å². The fourth-order valence-electron chi connectivity index (χ4n) is 3.94. The van der Waals surface area contributed by atoms with Gasteiger partial charge in [0, 0.05) is 7.11 Å². The predicted molar refractivity (Wildman–Crippen MR) is 129 cm³/mol. The topological polar surface area (TPSA) is 72.8 Å². The summed E-state index contributed by atoms with van der Waals surface area (Å²) >= 11 is 0. The molecule has 1 saturated carbocycles. The van der Waals surface area contributed by atoms with E-state index in [-0.39, 0.29) is 25.0 Å². The molecule has 0 aromatic heterocycles. The molecule has 0 radical (unpaired) electrons. The molecule has 5 heteroatoms. The van der Waals surface area contributed by atoms with Gasteiger partial charge in [0.1, 0.15) is 5.75 Å². The zero-order chi connectivity index (χ0) is 23.7. The molecule has 1 atom stereocenters. The number of carbonyl (C=O) groups excluding carboxylic acids is 2. The molecule has 0 saturated heterocycles. The summed E-state index contributed by atoms with van der Waals surface area (Å²) in [5.74, 6) is 0.646. The number of ketones is 2. The Hall–Kier alpha value is -3.02. The van der Waals surface area contributed by atoms with Crippen LogP contribution in [-0.2, 0) is 20.9 Å². The molecule has 0 aliphatic heterocycles. The first-order valence-corrected chi connectivity index (χ1v) is 11.3. The summed E-state index contributed by atoms with van der Waals surface area (Å²) < 4.78 is 10.4. The van der Waals surface area contributed by atoms with Crippen LogP contribution in [0, 0.1) is 11.3 Å². The standard InChI is InChI=1S/C28H32O5/c1-28(18-23-8-4-9-23,26(30)14-12-21-6-3-10-24(16-21)19-29)27(31)15-13-22-7-5-11-25(17-22)33-20-32-2/h3,5-7,10-17,23,29H,4,8-9,18-20H2,1-2H3/b14-12+,15-13+. The van der Waals surface area contributed by atoms with Gasteiger partial charge < -0.3 is 14.6 Å². The van der Waals surface area contributed by atoms with Crippen LogP contribution < -0.4 is 4.74 Å². The molecular weight excluding hydrogens is 416 g/mol. The highest BCUT2D eigenvalue weighted by Crippen LogP contribution is 2.39. The Labute approximate surface area is 195 Å². The van der Waals surface area contributed by atoms with Crippen LogP contribution in [0.2, 0.25) is 0 Å². The number of rotatable bonds is 12. The SMILES string of the molecule is COCOc1cccc(/C=C/C(=O)C(C)(CC2CCC2)C(=O)/C=C/c2cccc(CO)c2)c1. The lowest BCUT2D eigenvalue weighted by atomic mass is 9.68. The largest absolute Gasteiger partial charge is 0.468 e. The third-order valence-electron chi connectivity index (χ3n) is 6.20. The van der Waals surface area contributed by atoms with Crippen molar-refractivity contribution in [2.24, 2.45) is 11.3 Å². The summed E-state index contributed by atoms with van der Waals surface area (Å²) in [7, 11) is 1.56. The van der Waals surface area contributed by atoms with Crippen LogP contribution >= 0.6 is 0 Å². The summed E-state index contributed by atoms with van der Waals surface area (Å²) in [4.78, 5) is 26.6. The van der Waals surface area contributed by atoms with E-state index in [0.29, 0.717) is 18.1 Å². The molecule has 1 unspecified atom stereocenters. The number of aliphatic hydroxyl groups is 1. The van der Waals surface area contributed by atoms with Crippen molar-refractivity contribution in [2.45, 2.75) is 39.2 Å². The first-order valence-electron chi connectivity index (χ1n) is 11.3. The number of methoxy groups -OCH3 is 1. The van der Waals surface area contributed by atoms with Crippen molar-refractivity contribution in [3.8, 4) is 5.75 Å². The Morgan fingerprint density at radius 3 is 2.24 bits per heavy atom. The summed E-state index contributed by atoms with van der Waals surface area (Å²) in [5.41, 5.74) is 1.29. The normalized spacial score (nSPS) is 16.0. The quantitative estimate of drug-likeness (QED) is 0.274. The lowest BCUT2D eigenvalue weighted by Crippen LogP contribution is -2.37. The average molecular weight is 449 g/mol. The second-order valence-electron chi connectivity index (χ2n) is 8.75. The number of hydrogen-bond acceptors (Lipinski definition) is 5. The van der Waals surface area contributed by atoms with E-state index in [1.807, 2.05) is 48.5 Å². The van der Waals surface area contributed by atoms with Crippen LogP contribution in [0.5, 0.6) is 5.75 Å². The minimum absolute atomic E-state index is 0.0595. The molecule has 5 nitrogen and oxygen atoms in total. The fraction of sp³-hybridized carbons (Fsp3) is 0.357. The number of benzene rings is 2. The molecule has 1 N–H and O–H groups in total. The number of hydrogen-bond donors (Lipinski definition) is 1. The van der Waals surface area contributed by atoms with E-state index >= 15 is 0 Å². The maximum absolute atomic E-state index is 13.3. The first-order chi connectivity index (χ1) is 15.9. The van der Waals surface area contributed by atoms with Crippen LogP contribution in [0.1, 0.15) is 49.3 Å². The van der Waals surface area contributed by atoms with E-state index < -0.39 is 5.41 Å². The van der Waals surface area contributed by atoms with Crippen LogP contribution in [0.4, 0.5) is 0 Å². The van der Waals surface area contributed by atoms with Gasteiger partial charge in [-0.1, -0.05) is 61.7 Å². The zero-order valence-electron chi connectivity index (χ0n) is 19.3. The Balaban J connectivity index is 1.78. The lowest BCUT2D eigenvalue weighted by Gasteiger charge is -2.33. The molecule has 0 heterocycles. The highest BCUT2D eigenvalue weighted by molar-refractivity contribution is 6.17. The van der Waals surface area contributed by atoms with Gasteiger partial charge >= 0.3 is 0 Å². The number of ether oxygens (including phenoxy) is 2. The maximum atomic E-state index is 13.3. The summed E-state index contributed by atoms with van der Waals surface area (Å²) in [6.45, 7) is 1.84. The molecule has 1 fully saturated rings. The second-order valence-corrected chi connectivity index (χ2v) is 8.75. The number of allylic oxidation sites excluding steroid dienone is 2. The van der Waals surface area contributed by atoms with Gasteiger partial charge in [-0.2, -0.15) is 0 Å². The highest BCUT2D eigenvalue weighted by Gasteiger charge is 2.41. The van der Waals surface area contributed by atoms with Crippen molar-refractivity contribution in [3.63, 3.8) is 0 Å². The van der Waals surface area contributed by atoms with Gasteiger partial charge in [0.05, 0.1) is 12.0 Å². The summed E-state index contributed by atoms with van der Waals surface area (Å²) in [6.07, 6.45) is 10.3. The molecule has 1 aliphatic rings. The molecule has 3 rings (SSSR count). The van der Waals surface area contributed by atoms with Crippen molar-refractivity contribution in [1.29, 1.82) is 0 Å². The van der Waals surface area contributed by atoms with Crippen molar-refractivity contribution >= 4 is 23.7 Å². The van der Waals surface area contributed by atoms with Crippen molar-refractivity contribution < 1.29 is 24.2 Å².